The molecule has 0 aliphatic carbocycles. The van der Waals surface area contributed by atoms with Gasteiger partial charge in [0.25, 0.3) is 0 Å². The normalized spacial score (nSPS) is 10.2. The van der Waals surface area contributed by atoms with Crippen molar-refractivity contribution >= 4 is 28.9 Å². The second-order valence-electron chi connectivity index (χ2n) is 5.00. The van der Waals surface area contributed by atoms with Gasteiger partial charge in [-0.3, -0.25) is 4.79 Å². The fourth-order valence-electron chi connectivity index (χ4n) is 2.18. The summed E-state index contributed by atoms with van der Waals surface area (Å²) >= 11 is 5.88. The van der Waals surface area contributed by atoms with Crippen LogP contribution in [0.25, 0.3) is 0 Å². The number of hydrogen-bond acceptors (Lipinski definition) is 2. The maximum Gasteiger partial charge on any atom is 0.226 e. The van der Waals surface area contributed by atoms with E-state index in [-0.39, 0.29) is 5.91 Å². The van der Waals surface area contributed by atoms with Crippen LogP contribution in [-0.4, -0.2) is 12.5 Å². The van der Waals surface area contributed by atoms with Gasteiger partial charge in [-0.25, -0.2) is 0 Å². The Morgan fingerprint density at radius 2 is 1.76 bits per heavy atom. The summed E-state index contributed by atoms with van der Waals surface area (Å²) in [6, 6.07) is 13.3. The summed E-state index contributed by atoms with van der Waals surface area (Å²) < 4.78 is 0. The number of halogens is 1. The second kappa shape index (κ2) is 7.14. The summed E-state index contributed by atoms with van der Waals surface area (Å²) in [5, 5.41) is 6.77. The van der Waals surface area contributed by atoms with Gasteiger partial charge in [0.1, 0.15) is 0 Å². The first kappa shape index (κ1) is 15.4. The molecule has 3 nitrogen and oxygen atoms in total. The molecule has 0 radical (unpaired) electrons. The molecule has 4 heteroatoms. The molecule has 0 fully saturated rings. The van der Waals surface area contributed by atoms with Gasteiger partial charge in [0.2, 0.25) is 5.91 Å². The fourth-order valence-corrected chi connectivity index (χ4v) is 2.37. The number of anilines is 2. The molecule has 2 rings (SSSR count). The van der Waals surface area contributed by atoms with Crippen LogP contribution in [0.1, 0.15) is 17.5 Å². The van der Waals surface area contributed by atoms with Gasteiger partial charge in [-0.2, -0.15) is 0 Å². The standard InChI is InChI=1S/C17H19ClN2O/c1-12-5-3-6-13(2)17(12)19-10-9-16(21)20-15-8-4-7-14(18)11-15/h3-8,11,19H,9-10H2,1-2H3,(H,20,21). The van der Waals surface area contributed by atoms with Crippen molar-refractivity contribution in [2.45, 2.75) is 20.3 Å². The van der Waals surface area contributed by atoms with Crippen LogP contribution in [0.3, 0.4) is 0 Å². The van der Waals surface area contributed by atoms with E-state index < -0.39 is 0 Å². The molecule has 2 aromatic carbocycles. The largest absolute Gasteiger partial charge is 0.384 e. The lowest BCUT2D eigenvalue weighted by molar-refractivity contribution is -0.115. The zero-order valence-electron chi connectivity index (χ0n) is 12.2. The van der Waals surface area contributed by atoms with Gasteiger partial charge in [0.15, 0.2) is 0 Å². The zero-order valence-corrected chi connectivity index (χ0v) is 13.0. The Labute approximate surface area is 130 Å². The van der Waals surface area contributed by atoms with E-state index in [0.29, 0.717) is 18.0 Å². The van der Waals surface area contributed by atoms with Gasteiger partial charge in [0.05, 0.1) is 0 Å². The first-order chi connectivity index (χ1) is 10.1. The molecule has 0 aliphatic rings. The molecule has 2 aromatic rings. The van der Waals surface area contributed by atoms with Gasteiger partial charge in [0, 0.05) is 29.4 Å². The average molecular weight is 303 g/mol. The van der Waals surface area contributed by atoms with Crippen molar-refractivity contribution in [1.82, 2.24) is 0 Å². The maximum atomic E-state index is 11.9. The third kappa shape index (κ3) is 4.50. The highest BCUT2D eigenvalue weighted by atomic mass is 35.5. The quantitative estimate of drug-likeness (QED) is 0.859. The van der Waals surface area contributed by atoms with Gasteiger partial charge < -0.3 is 10.6 Å². The minimum Gasteiger partial charge on any atom is -0.384 e. The molecule has 2 N–H and O–H groups in total. The SMILES string of the molecule is Cc1cccc(C)c1NCCC(=O)Nc1cccc(Cl)c1. The average Bonchev–Trinajstić information content (AvgIpc) is 2.42. The maximum absolute atomic E-state index is 11.9. The Hall–Kier alpha value is -2.00. The van der Waals surface area contributed by atoms with Crippen molar-refractivity contribution in [2.75, 3.05) is 17.2 Å². The van der Waals surface area contributed by atoms with E-state index in [4.69, 9.17) is 11.6 Å². The monoisotopic (exact) mass is 302 g/mol. The summed E-state index contributed by atoms with van der Waals surface area (Å²) in [5.41, 5.74) is 4.20. The van der Waals surface area contributed by atoms with Crippen molar-refractivity contribution in [3.8, 4) is 0 Å². The van der Waals surface area contributed by atoms with Crippen molar-refractivity contribution < 1.29 is 4.79 Å². The third-order valence-corrected chi connectivity index (χ3v) is 3.48. The van der Waals surface area contributed by atoms with Crippen LogP contribution in [0.15, 0.2) is 42.5 Å². The molecule has 0 aromatic heterocycles. The summed E-state index contributed by atoms with van der Waals surface area (Å²) in [6.07, 6.45) is 0.403. The highest BCUT2D eigenvalue weighted by molar-refractivity contribution is 6.30. The number of para-hydroxylation sites is 1. The Bertz CT molecular complexity index is 620. The smallest absolute Gasteiger partial charge is 0.226 e. The van der Waals surface area contributed by atoms with Crippen LogP contribution in [0.2, 0.25) is 5.02 Å². The molecule has 0 heterocycles. The fraction of sp³-hybridized carbons (Fsp3) is 0.235. The topological polar surface area (TPSA) is 41.1 Å². The lowest BCUT2D eigenvalue weighted by atomic mass is 10.1. The van der Waals surface area contributed by atoms with Gasteiger partial charge in [-0.05, 0) is 43.2 Å². The van der Waals surface area contributed by atoms with E-state index in [9.17, 15) is 4.79 Å². The molecule has 0 unspecified atom stereocenters. The lowest BCUT2D eigenvalue weighted by Crippen LogP contribution is -2.16. The van der Waals surface area contributed by atoms with Gasteiger partial charge in [-0.15, -0.1) is 0 Å². The molecule has 0 saturated heterocycles. The number of aryl methyl sites for hydroxylation is 2. The van der Waals surface area contributed by atoms with E-state index >= 15 is 0 Å². The Kier molecular flexibility index (Phi) is 5.23. The highest BCUT2D eigenvalue weighted by Crippen LogP contribution is 2.19. The number of carbonyl (C=O) groups excluding carboxylic acids is 1. The van der Waals surface area contributed by atoms with E-state index in [2.05, 4.69) is 36.6 Å². The molecule has 0 aliphatic heterocycles. The molecule has 21 heavy (non-hydrogen) atoms. The summed E-state index contributed by atoms with van der Waals surface area (Å²) in [6.45, 7) is 4.71. The third-order valence-electron chi connectivity index (χ3n) is 3.24. The van der Waals surface area contributed by atoms with Crippen LogP contribution >= 0.6 is 11.6 Å². The molecule has 1 amide bonds. The van der Waals surface area contributed by atoms with Crippen molar-refractivity contribution in [3.05, 3.63) is 58.6 Å². The van der Waals surface area contributed by atoms with Crippen LogP contribution in [0.5, 0.6) is 0 Å². The number of nitrogens with one attached hydrogen (secondary N) is 2. The molecular formula is C17H19ClN2O. The first-order valence-corrected chi connectivity index (χ1v) is 7.29. The van der Waals surface area contributed by atoms with Crippen molar-refractivity contribution in [1.29, 1.82) is 0 Å². The summed E-state index contributed by atoms with van der Waals surface area (Å²) in [7, 11) is 0. The molecule has 0 bridgehead atoms. The van der Waals surface area contributed by atoms with E-state index in [1.807, 2.05) is 18.2 Å². The van der Waals surface area contributed by atoms with Crippen LogP contribution < -0.4 is 10.6 Å². The first-order valence-electron chi connectivity index (χ1n) is 6.92. The number of hydrogen-bond donors (Lipinski definition) is 2. The van der Waals surface area contributed by atoms with Gasteiger partial charge in [-0.1, -0.05) is 35.9 Å². The van der Waals surface area contributed by atoms with Crippen molar-refractivity contribution in [2.24, 2.45) is 0 Å². The molecular weight excluding hydrogens is 284 g/mol. The summed E-state index contributed by atoms with van der Waals surface area (Å²) in [4.78, 5) is 11.9. The molecule has 0 saturated carbocycles. The van der Waals surface area contributed by atoms with Crippen LogP contribution in [0, 0.1) is 13.8 Å². The van der Waals surface area contributed by atoms with E-state index in [0.717, 1.165) is 11.4 Å². The predicted molar refractivity (Wildman–Crippen MR) is 89.1 cm³/mol. The Morgan fingerprint density at radius 3 is 2.43 bits per heavy atom. The lowest BCUT2D eigenvalue weighted by Gasteiger charge is -2.12. The number of benzene rings is 2. The molecule has 0 atom stereocenters. The van der Waals surface area contributed by atoms with E-state index in [1.54, 1.807) is 12.1 Å². The minimum absolute atomic E-state index is 0.0315. The van der Waals surface area contributed by atoms with E-state index in [1.165, 1.54) is 11.1 Å². The predicted octanol–water partition coefficient (Wildman–Crippen LogP) is 4.40. The molecule has 0 spiro atoms. The van der Waals surface area contributed by atoms with Crippen LogP contribution in [-0.2, 0) is 4.79 Å². The zero-order chi connectivity index (χ0) is 15.2. The second-order valence-corrected chi connectivity index (χ2v) is 5.44. The summed E-state index contributed by atoms with van der Waals surface area (Å²) in [5.74, 6) is -0.0315. The minimum atomic E-state index is -0.0315. The highest BCUT2D eigenvalue weighted by Gasteiger charge is 2.05. The Morgan fingerprint density at radius 1 is 1.10 bits per heavy atom. The number of amides is 1. The van der Waals surface area contributed by atoms with Gasteiger partial charge >= 0.3 is 0 Å². The van der Waals surface area contributed by atoms with Crippen molar-refractivity contribution in [3.63, 3.8) is 0 Å². The Balaban J connectivity index is 1.85. The molecule has 110 valence electrons. The number of rotatable bonds is 5. The number of carbonyl (C=O) groups is 1. The van der Waals surface area contributed by atoms with Crippen LogP contribution in [0.4, 0.5) is 11.4 Å².